The molecule has 3 aliphatic heterocycles. The van der Waals surface area contributed by atoms with Crippen LogP contribution in [0.4, 0.5) is 11.4 Å². The van der Waals surface area contributed by atoms with Gasteiger partial charge < -0.3 is 0 Å². The van der Waals surface area contributed by atoms with Gasteiger partial charge in [-0.3, -0.25) is 29.5 Å². The molecule has 3 heterocycles. The van der Waals surface area contributed by atoms with E-state index in [1.165, 1.54) is 18.2 Å². The summed E-state index contributed by atoms with van der Waals surface area (Å²) in [6.45, 7) is 7.00. The molecule has 2 fully saturated rings. The van der Waals surface area contributed by atoms with Gasteiger partial charge in [0, 0.05) is 17.5 Å². The van der Waals surface area contributed by atoms with Crippen molar-refractivity contribution in [1.29, 1.82) is 0 Å². The number of amides is 2. The third-order valence-corrected chi connectivity index (χ3v) is 6.93. The number of hydrogen-bond acceptors (Lipinski definition) is 7. The van der Waals surface area contributed by atoms with Crippen molar-refractivity contribution in [3.8, 4) is 0 Å². The lowest BCUT2D eigenvalue weighted by atomic mass is 9.79. The maximum absolute atomic E-state index is 13.8. The topological polar surface area (TPSA) is 113 Å². The predicted molar refractivity (Wildman–Crippen MR) is 124 cm³/mol. The molecular formula is C25H24N4O5. The van der Waals surface area contributed by atoms with E-state index in [-0.39, 0.29) is 11.5 Å². The Labute approximate surface area is 196 Å². The zero-order valence-corrected chi connectivity index (χ0v) is 19.3. The number of non-ortho nitro benzene ring substituents is 1. The normalized spacial score (nSPS) is 25.3. The molecule has 0 radical (unpaired) electrons. The fourth-order valence-corrected chi connectivity index (χ4v) is 5.35. The van der Waals surface area contributed by atoms with Gasteiger partial charge in [0.25, 0.3) is 5.69 Å². The van der Waals surface area contributed by atoms with E-state index in [1.807, 2.05) is 24.3 Å². The van der Waals surface area contributed by atoms with E-state index < -0.39 is 46.1 Å². The van der Waals surface area contributed by atoms with Crippen molar-refractivity contribution in [2.24, 2.45) is 22.4 Å². The number of rotatable bonds is 3. The molecule has 0 bridgehead atoms. The standard InChI is InChI=1S/C25H24N4O5/c1-13-11-15(29(33)34)9-10-17(13)27-23(31)18-19(24(27)32)21(22(30)25(2,3)4)28-20(18)16-8-6-5-7-14(16)12-26-28/h5-12,18-21H,1-4H3. The first-order valence-corrected chi connectivity index (χ1v) is 11.1. The van der Waals surface area contributed by atoms with Crippen molar-refractivity contribution < 1.29 is 19.3 Å². The minimum absolute atomic E-state index is 0.122. The van der Waals surface area contributed by atoms with Crippen LogP contribution in [0.3, 0.4) is 0 Å². The molecule has 2 aromatic carbocycles. The number of imide groups is 1. The summed E-state index contributed by atoms with van der Waals surface area (Å²) in [4.78, 5) is 53.0. The molecule has 0 saturated carbocycles. The second kappa shape index (κ2) is 7.31. The quantitative estimate of drug-likeness (QED) is 0.394. The molecule has 34 heavy (non-hydrogen) atoms. The Morgan fingerprint density at radius 2 is 1.74 bits per heavy atom. The lowest BCUT2D eigenvalue weighted by Gasteiger charge is -2.35. The zero-order chi connectivity index (χ0) is 24.5. The number of fused-ring (bicyclic) bond motifs is 5. The molecule has 0 aromatic heterocycles. The molecule has 4 atom stereocenters. The van der Waals surface area contributed by atoms with Crippen LogP contribution in [0.15, 0.2) is 47.6 Å². The Morgan fingerprint density at radius 1 is 1.06 bits per heavy atom. The molecular weight excluding hydrogens is 436 g/mol. The molecule has 2 amide bonds. The summed E-state index contributed by atoms with van der Waals surface area (Å²) in [7, 11) is 0. The second-order valence-corrected chi connectivity index (χ2v) is 10.0. The van der Waals surface area contributed by atoms with E-state index in [0.717, 1.165) is 16.0 Å². The molecule has 9 nitrogen and oxygen atoms in total. The summed E-state index contributed by atoms with van der Waals surface area (Å²) in [6, 6.07) is 10.1. The molecule has 0 N–H and O–H groups in total. The first kappa shape index (κ1) is 21.9. The van der Waals surface area contributed by atoms with Crippen LogP contribution in [0.25, 0.3) is 0 Å². The fourth-order valence-electron chi connectivity index (χ4n) is 5.35. The van der Waals surface area contributed by atoms with E-state index in [4.69, 9.17) is 0 Å². The average Bonchev–Trinajstić information content (AvgIpc) is 3.25. The van der Waals surface area contributed by atoms with Crippen LogP contribution in [-0.4, -0.2) is 39.8 Å². The van der Waals surface area contributed by atoms with Crippen LogP contribution in [-0.2, 0) is 14.4 Å². The molecule has 0 aliphatic carbocycles. The number of nitrogens with zero attached hydrogens (tertiary/aromatic N) is 4. The third-order valence-electron chi connectivity index (χ3n) is 6.93. The number of hydrogen-bond donors (Lipinski definition) is 0. The Hall–Kier alpha value is -3.88. The summed E-state index contributed by atoms with van der Waals surface area (Å²) >= 11 is 0. The minimum atomic E-state index is -0.901. The van der Waals surface area contributed by atoms with Crippen LogP contribution in [0, 0.1) is 34.3 Å². The van der Waals surface area contributed by atoms with Crippen molar-refractivity contribution in [2.75, 3.05) is 4.90 Å². The van der Waals surface area contributed by atoms with Crippen molar-refractivity contribution in [2.45, 2.75) is 39.8 Å². The highest BCUT2D eigenvalue weighted by Crippen LogP contribution is 2.53. The van der Waals surface area contributed by atoms with Gasteiger partial charge >= 0.3 is 0 Å². The Kier molecular flexibility index (Phi) is 4.72. The number of benzene rings is 2. The Morgan fingerprint density at radius 3 is 2.38 bits per heavy atom. The second-order valence-electron chi connectivity index (χ2n) is 10.0. The summed E-state index contributed by atoms with van der Waals surface area (Å²) in [5.41, 5.74) is 1.56. The van der Waals surface area contributed by atoms with Crippen LogP contribution in [0.2, 0.25) is 0 Å². The third kappa shape index (κ3) is 2.99. The van der Waals surface area contributed by atoms with E-state index >= 15 is 0 Å². The van der Waals surface area contributed by atoms with Crippen LogP contribution in [0.1, 0.15) is 43.5 Å². The molecule has 3 aliphatic rings. The molecule has 4 unspecified atom stereocenters. The summed E-state index contributed by atoms with van der Waals surface area (Å²) in [5.74, 6) is -2.75. The first-order chi connectivity index (χ1) is 16.0. The summed E-state index contributed by atoms with van der Waals surface area (Å²) in [5, 5.41) is 17.3. The summed E-state index contributed by atoms with van der Waals surface area (Å²) in [6.07, 6.45) is 1.67. The van der Waals surface area contributed by atoms with Gasteiger partial charge in [0.1, 0.15) is 6.04 Å². The van der Waals surface area contributed by atoms with Gasteiger partial charge in [-0.15, -0.1) is 0 Å². The van der Waals surface area contributed by atoms with Gasteiger partial charge in [0.2, 0.25) is 11.8 Å². The highest BCUT2D eigenvalue weighted by atomic mass is 16.6. The van der Waals surface area contributed by atoms with Gasteiger partial charge in [-0.2, -0.15) is 5.10 Å². The maximum Gasteiger partial charge on any atom is 0.269 e. The van der Waals surface area contributed by atoms with E-state index in [1.54, 1.807) is 38.9 Å². The molecule has 2 saturated heterocycles. The number of anilines is 1. The monoisotopic (exact) mass is 460 g/mol. The van der Waals surface area contributed by atoms with Gasteiger partial charge in [-0.05, 0) is 29.7 Å². The number of ketones is 1. The molecule has 5 rings (SSSR count). The van der Waals surface area contributed by atoms with Crippen molar-refractivity contribution in [3.63, 3.8) is 0 Å². The van der Waals surface area contributed by atoms with Crippen LogP contribution >= 0.6 is 0 Å². The summed E-state index contributed by atoms with van der Waals surface area (Å²) < 4.78 is 0. The molecule has 174 valence electrons. The SMILES string of the molecule is Cc1cc([N+](=O)[O-])ccc1N1C(=O)C2C(C1=O)C1c3ccccc3C=NN1C2C(=O)C(C)(C)C. The number of aryl methyl sites for hydroxylation is 1. The molecule has 0 spiro atoms. The number of nitro groups is 1. The number of nitro benzene ring substituents is 1. The van der Waals surface area contributed by atoms with Gasteiger partial charge in [-0.1, -0.05) is 45.0 Å². The predicted octanol–water partition coefficient (Wildman–Crippen LogP) is 3.40. The number of carbonyl (C=O) groups is 3. The average molecular weight is 460 g/mol. The Bertz CT molecular complexity index is 1290. The highest BCUT2D eigenvalue weighted by molar-refractivity contribution is 6.24. The van der Waals surface area contributed by atoms with Crippen LogP contribution in [0.5, 0.6) is 0 Å². The lowest BCUT2D eigenvalue weighted by Crippen LogP contribution is -2.48. The molecule has 2 aromatic rings. The van der Waals surface area contributed by atoms with E-state index in [9.17, 15) is 24.5 Å². The van der Waals surface area contributed by atoms with Gasteiger partial charge in [0.05, 0.1) is 34.7 Å². The smallest absolute Gasteiger partial charge is 0.269 e. The number of carbonyl (C=O) groups excluding carboxylic acids is 3. The minimum Gasteiger partial charge on any atom is -0.297 e. The van der Waals surface area contributed by atoms with E-state index in [2.05, 4.69) is 5.10 Å². The van der Waals surface area contributed by atoms with Gasteiger partial charge in [-0.25, -0.2) is 4.90 Å². The first-order valence-electron chi connectivity index (χ1n) is 11.1. The van der Waals surface area contributed by atoms with E-state index in [0.29, 0.717) is 11.3 Å². The highest BCUT2D eigenvalue weighted by Gasteiger charge is 2.66. The zero-order valence-electron chi connectivity index (χ0n) is 19.3. The Balaban J connectivity index is 1.65. The number of hydrazone groups is 1. The lowest BCUT2D eigenvalue weighted by molar-refractivity contribution is -0.384. The molecule has 9 heteroatoms. The van der Waals surface area contributed by atoms with Crippen molar-refractivity contribution in [3.05, 3.63) is 69.3 Å². The van der Waals surface area contributed by atoms with Crippen molar-refractivity contribution >= 4 is 35.2 Å². The number of Topliss-reactive ketones (excluding diaryl/α,β-unsaturated/α-hetero) is 1. The fraction of sp³-hybridized carbons (Fsp3) is 0.360. The van der Waals surface area contributed by atoms with Gasteiger partial charge in [0.15, 0.2) is 5.78 Å². The van der Waals surface area contributed by atoms with Crippen molar-refractivity contribution in [1.82, 2.24) is 5.01 Å². The maximum atomic E-state index is 13.8. The van der Waals surface area contributed by atoms with Crippen LogP contribution < -0.4 is 4.90 Å². The largest absolute Gasteiger partial charge is 0.297 e.